The second kappa shape index (κ2) is 9.91. The van der Waals surface area contributed by atoms with Crippen molar-refractivity contribution < 1.29 is 31.4 Å². The highest BCUT2D eigenvalue weighted by Crippen LogP contribution is 2.53. The molecule has 38 heavy (non-hydrogen) atoms. The molecule has 0 saturated carbocycles. The lowest BCUT2D eigenvalue weighted by Gasteiger charge is -2.38. The minimum Gasteiger partial charge on any atom is -0.588 e. The van der Waals surface area contributed by atoms with E-state index in [9.17, 15) is 21.9 Å². The summed E-state index contributed by atoms with van der Waals surface area (Å²) in [6.45, 7) is 1.74. The van der Waals surface area contributed by atoms with Crippen LogP contribution in [0.2, 0.25) is 0 Å². The van der Waals surface area contributed by atoms with Gasteiger partial charge in [-0.1, -0.05) is 46.7 Å². The van der Waals surface area contributed by atoms with Gasteiger partial charge in [-0.25, -0.2) is 0 Å². The molecule has 0 amide bonds. The Morgan fingerprint density at radius 2 is 1.66 bits per heavy atom. The van der Waals surface area contributed by atoms with Crippen LogP contribution < -0.4 is 13.8 Å². The highest BCUT2D eigenvalue weighted by molar-refractivity contribution is 7.99. The van der Waals surface area contributed by atoms with Crippen LogP contribution in [0.25, 0.3) is 0 Å². The van der Waals surface area contributed by atoms with E-state index >= 15 is 0 Å². The normalized spacial score (nSPS) is 18.7. The number of alkyl halides is 3. The van der Waals surface area contributed by atoms with Gasteiger partial charge in [0.1, 0.15) is 12.2 Å². The molecule has 0 N–H and O–H groups in total. The van der Waals surface area contributed by atoms with E-state index in [1.54, 1.807) is 12.1 Å². The zero-order valence-corrected chi connectivity index (χ0v) is 22.0. The molecule has 6 nitrogen and oxygen atoms in total. The van der Waals surface area contributed by atoms with Gasteiger partial charge in [-0.05, 0) is 62.3 Å². The maximum absolute atomic E-state index is 13.9. The van der Waals surface area contributed by atoms with Gasteiger partial charge >= 0.3 is 6.18 Å². The number of methoxy groups -OCH3 is 1. The zero-order chi connectivity index (χ0) is 27.1. The SMILES string of the molecule is COc1cc2c(cc1OCc1ccccc1)N([S+](=O)([O-])c1ccccc1C(F)(F)F)CC21CCN(C)CC1. The highest BCUT2D eigenvalue weighted by Gasteiger charge is 2.52. The third-order valence-corrected chi connectivity index (χ3v) is 9.33. The van der Waals surface area contributed by atoms with Crippen molar-refractivity contribution >= 4 is 16.1 Å². The lowest BCUT2D eigenvalue weighted by Crippen LogP contribution is -2.46. The van der Waals surface area contributed by atoms with E-state index in [1.165, 1.54) is 19.2 Å². The van der Waals surface area contributed by atoms with Crippen LogP contribution in [0.4, 0.5) is 18.9 Å². The van der Waals surface area contributed by atoms with Gasteiger partial charge in [-0.2, -0.15) is 17.5 Å². The monoisotopic (exact) mass is 546 g/mol. The number of halogens is 3. The fourth-order valence-corrected chi connectivity index (χ4v) is 7.14. The molecule has 2 aliphatic rings. The fourth-order valence-electron chi connectivity index (χ4n) is 5.37. The van der Waals surface area contributed by atoms with Gasteiger partial charge in [0, 0.05) is 11.5 Å². The lowest BCUT2D eigenvalue weighted by atomic mass is 9.74. The molecule has 0 radical (unpaired) electrons. The van der Waals surface area contributed by atoms with Crippen molar-refractivity contribution in [2.24, 2.45) is 0 Å². The quantitative estimate of drug-likeness (QED) is 0.372. The van der Waals surface area contributed by atoms with Gasteiger partial charge in [0.05, 0.1) is 19.3 Å². The predicted octanol–water partition coefficient (Wildman–Crippen LogP) is 5.68. The number of fused-ring (bicyclic) bond motifs is 2. The second-order valence-corrected chi connectivity index (χ2v) is 11.7. The van der Waals surface area contributed by atoms with Crippen molar-refractivity contribution in [1.29, 1.82) is 0 Å². The van der Waals surface area contributed by atoms with Crippen molar-refractivity contribution in [3.63, 3.8) is 0 Å². The fraction of sp³-hybridized carbons (Fsp3) is 0.357. The number of sulfonamides is 1. The molecule has 2 aliphatic heterocycles. The van der Waals surface area contributed by atoms with Crippen molar-refractivity contribution in [2.75, 3.05) is 38.1 Å². The largest absolute Gasteiger partial charge is 0.588 e. The van der Waals surface area contributed by atoms with Crippen LogP contribution in [0.1, 0.15) is 29.5 Å². The first kappa shape index (κ1) is 26.5. The van der Waals surface area contributed by atoms with Crippen molar-refractivity contribution in [1.82, 2.24) is 4.90 Å². The number of likely N-dealkylation sites (tertiary alicyclic amines) is 1. The van der Waals surface area contributed by atoms with E-state index in [-0.39, 0.29) is 13.2 Å². The van der Waals surface area contributed by atoms with Crippen LogP contribution >= 0.6 is 0 Å². The Labute approximate surface area is 221 Å². The van der Waals surface area contributed by atoms with Crippen LogP contribution in [-0.4, -0.2) is 43.2 Å². The Morgan fingerprint density at radius 3 is 2.32 bits per heavy atom. The van der Waals surface area contributed by atoms with Crippen molar-refractivity contribution in [2.45, 2.75) is 35.9 Å². The first-order valence-corrected chi connectivity index (χ1v) is 13.8. The van der Waals surface area contributed by atoms with Crippen LogP contribution in [-0.2, 0) is 32.8 Å². The molecule has 1 spiro atoms. The molecule has 0 aromatic heterocycles. The second-order valence-electron chi connectivity index (χ2n) is 9.88. The molecule has 2 heterocycles. The van der Waals surface area contributed by atoms with E-state index < -0.39 is 32.4 Å². The Morgan fingerprint density at radius 1 is 1.00 bits per heavy atom. The van der Waals surface area contributed by atoms with Gasteiger partial charge < -0.3 is 18.9 Å². The Kier molecular flexibility index (Phi) is 6.91. The van der Waals surface area contributed by atoms with E-state index in [0.717, 1.165) is 40.7 Å². The number of nitrogens with zero attached hydrogens (tertiary/aromatic N) is 2. The van der Waals surface area contributed by atoms with E-state index in [1.807, 2.05) is 37.4 Å². The Bertz CT molecular complexity index is 1360. The molecule has 3 aromatic carbocycles. The average Bonchev–Trinajstić information content (AvgIpc) is 3.22. The van der Waals surface area contributed by atoms with Gasteiger partial charge in [-0.15, -0.1) is 0 Å². The van der Waals surface area contributed by atoms with Gasteiger partial charge in [0.25, 0.3) is 0 Å². The smallest absolute Gasteiger partial charge is 0.421 e. The number of hydrogen-bond acceptors (Lipinski definition) is 5. The molecule has 1 saturated heterocycles. The molecule has 1 unspecified atom stereocenters. The predicted molar refractivity (Wildman–Crippen MR) is 138 cm³/mol. The topological polar surface area (TPSA) is 65.1 Å². The molecular weight excluding hydrogens is 517 g/mol. The number of piperidine rings is 1. The molecule has 1 fully saturated rings. The van der Waals surface area contributed by atoms with Crippen LogP contribution in [0, 0.1) is 0 Å². The number of anilines is 1. The van der Waals surface area contributed by atoms with Gasteiger partial charge in [0.2, 0.25) is 0 Å². The number of ether oxygens (including phenoxy) is 2. The molecule has 10 heteroatoms. The summed E-state index contributed by atoms with van der Waals surface area (Å²) < 4.78 is 82.2. The number of hydrogen-bond donors (Lipinski definition) is 0. The summed E-state index contributed by atoms with van der Waals surface area (Å²) in [4.78, 5) is 1.40. The van der Waals surface area contributed by atoms with Crippen LogP contribution in [0.5, 0.6) is 11.5 Å². The Hall–Kier alpha value is -3.08. The summed E-state index contributed by atoms with van der Waals surface area (Å²) >= 11 is 0. The standard InChI is InChI=1S/C28H29F3N2O4S/c1-32-14-12-27(13-15-32)19-33(38(34,35)26-11-7-6-10-21(26)28(29,30)31)23-17-25(24(36-2)16-22(23)27)37-18-20-8-4-3-5-9-20/h3-11,16-17H,12-15,18-19H2,1-2H3. The van der Waals surface area contributed by atoms with Crippen LogP contribution in [0.3, 0.4) is 0 Å². The maximum atomic E-state index is 13.9. The van der Waals surface area contributed by atoms with Crippen LogP contribution in [0.15, 0.2) is 71.6 Å². The van der Waals surface area contributed by atoms with E-state index in [0.29, 0.717) is 30.0 Å². The lowest BCUT2D eigenvalue weighted by molar-refractivity contribution is -0.140. The van der Waals surface area contributed by atoms with Gasteiger partial charge in [-0.3, -0.25) is 0 Å². The molecular formula is C28H29F3N2O4S. The zero-order valence-electron chi connectivity index (χ0n) is 21.2. The molecule has 0 aliphatic carbocycles. The van der Waals surface area contributed by atoms with Crippen molar-refractivity contribution in [3.8, 4) is 11.5 Å². The van der Waals surface area contributed by atoms with Gasteiger partial charge in [0.15, 0.2) is 26.8 Å². The summed E-state index contributed by atoms with van der Waals surface area (Å²) in [6, 6.07) is 17.2. The molecule has 1 atom stereocenters. The number of benzene rings is 3. The van der Waals surface area contributed by atoms with E-state index in [2.05, 4.69) is 4.90 Å². The first-order valence-electron chi connectivity index (χ1n) is 12.3. The minimum atomic E-state index is -4.82. The summed E-state index contributed by atoms with van der Waals surface area (Å²) in [5.74, 6) is 0.775. The van der Waals surface area contributed by atoms with Crippen molar-refractivity contribution in [3.05, 3.63) is 83.4 Å². The average molecular weight is 547 g/mol. The first-order chi connectivity index (χ1) is 18.0. The molecule has 0 bridgehead atoms. The third kappa shape index (κ3) is 4.76. The molecule has 5 rings (SSSR count). The minimum absolute atomic E-state index is 0.0516. The summed E-state index contributed by atoms with van der Waals surface area (Å²) in [5, 5.41) is 0. The Balaban J connectivity index is 1.62. The molecule has 202 valence electrons. The summed E-state index contributed by atoms with van der Waals surface area (Å²) in [6.07, 6.45) is -3.49. The third-order valence-electron chi connectivity index (χ3n) is 7.51. The summed E-state index contributed by atoms with van der Waals surface area (Å²) in [7, 11) is -1.04. The maximum Gasteiger partial charge on any atom is 0.421 e. The summed E-state index contributed by atoms with van der Waals surface area (Å²) in [5.41, 5.74) is 0.260. The molecule has 3 aromatic rings. The van der Waals surface area contributed by atoms with E-state index in [4.69, 9.17) is 9.47 Å². The highest BCUT2D eigenvalue weighted by atomic mass is 32.3. The number of rotatable bonds is 6.